The summed E-state index contributed by atoms with van der Waals surface area (Å²) in [5.74, 6) is 0. The van der Waals surface area contributed by atoms with Gasteiger partial charge in [-0.25, -0.2) is 0 Å². The molecule has 9 heavy (non-hydrogen) atoms. The van der Waals surface area contributed by atoms with Crippen molar-refractivity contribution >= 4 is 0 Å². The molecule has 1 heterocycles. The molecule has 0 spiro atoms. The lowest BCUT2D eigenvalue weighted by Crippen LogP contribution is -2.21. The van der Waals surface area contributed by atoms with E-state index in [1.807, 2.05) is 0 Å². The van der Waals surface area contributed by atoms with E-state index in [2.05, 4.69) is 36.2 Å². The fraction of sp³-hybridized carbons (Fsp3) is 0.667. The Morgan fingerprint density at radius 1 is 1.44 bits per heavy atom. The van der Waals surface area contributed by atoms with E-state index in [0.717, 1.165) is 13.2 Å². The van der Waals surface area contributed by atoms with Crippen LogP contribution in [0.4, 0.5) is 0 Å². The van der Waals surface area contributed by atoms with E-state index in [0.29, 0.717) is 0 Å². The highest BCUT2D eigenvalue weighted by Crippen LogP contribution is 2.00. The van der Waals surface area contributed by atoms with Gasteiger partial charge in [-0.15, -0.1) is 0 Å². The molecule has 0 aromatic heterocycles. The average molecular weight is 130 g/mol. The first-order valence-electron chi connectivity index (χ1n) is 2.95. The van der Waals surface area contributed by atoms with Crippen LogP contribution in [0.2, 0.25) is 0 Å². The van der Waals surface area contributed by atoms with Crippen LogP contribution < -0.4 is 0 Å². The highest BCUT2D eigenvalue weighted by molar-refractivity contribution is 4.87. The SMILES string of the molecule is CCN1C=CN(C)C1.O. The standard InChI is InChI=1S/C6H12N2.H2O/c1-3-8-5-4-7(2)6-8;/h4-5H,3,6H2,1-2H3;1H2. The second-order valence-electron chi connectivity index (χ2n) is 2.10. The summed E-state index contributed by atoms with van der Waals surface area (Å²) < 4.78 is 0. The molecule has 0 atom stereocenters. The summed E-state index contributed by atoms with van der Waals surface area (Å²) in [6.07, 6.45) is 4.20. The zero-order valence-corrected chi connectivity index (χ0v) is 5.96. The summed E-state index contributed by atoms with van der Waals surface area (Å²) in [5.41, 5.74) is 0. The highest BCUT2D eigenvalue weighted by Gasteiger charge is 2.03. The van der Waals surface area contributed by atoms with Gasteiger partial charge < -0.3 is 15.3 Å². The summed E-state index contributed by atoms with van der Waals surface area (Å²) >= 11 is 0. The third kappa shape index (κ3) is 1.93. The van der Waals surface area contributed by atoms with Gasteiger partial charge in [0.05, 0.1) is 6.67 Å². The van der Waals surface area contributed by atoms with Gasteiger partial charge in [-0.05, 0) is 6.92 Å². The van der Waals surface area contributed by atoms with Gasteiger partial charge in [0.15, 0.2) is 0 Å². The minimum absolute atomic E-state index is 0. The maximum Gasteiger partial charge on any atom is 0.0890 e. The van der Waals surface area contributed by atoms with Gasteiger partial charge >= 0.3 is 0 Å². The Hall–Kier alpha value is -0.700. The fourth-order valence-electron chi connectivity index (χ4n) is 0.794. The van der Waals surface area contributed by atoms with Crippen molar-refractivity contribution in [2.75, 3.05) is 20.3 Å². The molecular weight excluding hydrogens is 116 g/mol. The molecule has 2 N–H and O–H groups in total. The molecule has 54 valence electrons. The number of hydrogen-bond acceptors (Lipinski definition) is 2. The molecule has 3 heteroatoms. The molecule has 0 bridgehead atoms. The second kappa shape index (κ2) is 3.35. The summed E-state index contributed by atoms with van der Waals surface area (Å²) in [7, 11) is 2.08. The molecule has 1 aliphatic rings. The fourth-order valence-corrected chi connectivity index (χ4v) is 0.794. The molecule has 0 aromatic rings. The van der Waals surface area contributed by atoms with E-state index < -0.39 is 0 Å². The zero-order chi connectivity index (χ0) is 5.98. The molecule has 0 saturated carbocycles. The van der Waals surface area contributed by atoms with Crippen molar-refractivity contribution in [2.45, 2.75) is 6.92 Å². The molecule has 0 saturated heterocycles. The van der Waals surface area contributed by atoms with Crippen molar-refractivity contribution in [3.8, 4) is 0 Å². The molecule has 0 unspecified atom stereocenters. The van der Waals surface area contributed by atoms with E-state index >= 15 is 0 Å². The van der Waals surface area contributed by atoms with Crippen LogP contribution >= 0.6 is 0 Å². The van der Waals surface area contributed by atoms with Crippen molar-refractivity contribution in [1.29, 1.82) is 0 Å². The summed E-state index contributed by atoms with van der Waals surface area (Å²) in [6, 6.07) is 0. The van der Waals surface area contributed by atoms with Crippen LogP contribution in [0.3, 0.4) is 0 Å². The van der Waals surface area contributed by atoms with Gasteiger partial charge in [-0.1, -0.05) is 0 Å². The van der Waals surface area contributed by atoms with Gasteiger partial charge in [-0.3, -0.25) is 0 Å². The van der Waals surface area contributed by atoms with Crippen LogP contribution in [0.1, 0.15) is 6.92 Å². The van der Waals surface area contributed by atoms with Crippen molar-refractivity contribution in [3.05, 3.63) is 12.4 Å². The molecule has 3 nitrogen and oxygen atoms in total. The summed E-state index contributed by atoms with van der Waals surface area (Å²) in [6.45, 7) is 4.32. The number of hydrogen-bond donors (Lipinski definition) is 0. The average Bonchev–Trinajstić information content (AvgIpc) is 2.14. The van der Waals surface area contributed by atoms with Crippen LogP contribution in [0.5, 0.6) is 0 Å². The number of nitrogens with zero attached hydrogens (tertiary/aromatic N) is 2. The van der Waals surface area contributed by atoms with E-state index in [-0.39, 0.29) is 5.48 Å². The molecule has 0 fully saturated rings. The minimum atomic E-state index is 0. The van der Waals surface area contributed by atoms with Crippen molar-refractivity contribution in [3.63, 3.8) is 0 Å². The quantitative estimate of drug-likeness (QED) is 0.495. The van der Waals surface area contributed by atoms with Gasteiger partial charge in [0.1, 0.15) is 0 Å². The van der Waals surface area contributed by atoms with Crippen LogP contribution in [-0.4, -0.2) is 35.5 Å². The predicted octanol–water partition coefficient (Wildman–Crippen LogP) is -0.142. The molecule has 0 aromatic carbocycles. The van der Waals surface area contributed by atoms with Gasteiger partial charge in [0.25, 0.3) is 0 Å². The third-order valence-electron chi connectivity index (χ3n) is 1.34. The summed E-state index contributed by atoms with van der Waals surface area (Å²) in [5, 5.41) is 0. The molecular formula is C6H14N2O. The van der Waals surface area contributed by atoms with E-state index in [9.17, 15) is 0 Å². The monoisotopic (exact) mass is 130 g/mol. The van der Waals surface area contributed by atoms with E-state index in [4.69, 9.17) is 0 Å². The predicted molar refractivity (Wildman–Crippen MR) is 37.8 cm³/mol. The Morgan fingerprint density at radius 3 is 2.33 bits per heavy atom. The molecule has 1 rings (SSSR count). The smallest absolute Gasteiger partial charge is 0.0890 e. The normalized spacial score (nSPS) is 16.2. The Labute approximate surface area is 55.9 Å². The van der Waals surface area contributed by atoms with Crippen LogP contribution in [0.15, 0.2) is 12.4 Å². The largest absolute Gasteiger partial charge is 0.412 e. The maximum atomic E-state index is 2.25. The molecule has 1 aliphatic heterocycles. The Kier molecular flexibility index (Phi) is 3.09. The molecule has 0 radical (unpaired) electrons. The van der Waals surface area contributed by atoms with Crippen molar-refractivity contribution in [2.24, 2.45) is 0 Å². The first kappa shape index (κ1) is 8.30. The van der Waals surface area contributed by atoms with E-state index in [1.54, 1.807) is 0 Å². The topological polar surface area (TPSA) is 38.0 Å². The summed E-state index contributed by atoms with van der Waals surface area (Å²) in [4.78, 5) is 4.41. The lowest BCUT2D eigenvalue weighted by Gasteiger charge is -2.14. The molecule has 0 aliphatic carbocycles. The van der Waals surface area contributed by atoms with Gasteiger partial charge in [0, 0.05) is 26.0 Å². The second-order valence-corrected chi connectivity index (χ2v) is 2.10. The maximum absolute atomic E-state index is 2.25. The first-order chi connectivity index (χ1) is 3.83. The van der Waals surface area contributed by atoms with Crippen molar-refractivity contribution in [1.82, 2.24) is 9.80 Å². The van der Waals surface area contributed by atoms with Crippen LogP contribution in [-0.2, 0) is 0 Å². The minimum Gasteiger partial charge on any atom is -0.412 e. The Balaban J connectivity index is 0.000000640. The first-order valence-corrected chi connectivity index (χ1v) is 2.95. The third-order valence-corrected chi connectivity index (χ3v) is 1.34. The Bertz CT molecular complexity index is 103. The van der Waals surface area contributed by atoms with Crippen LogP contribution in [0, 0.1) is 0 Å². The highest BCUT2D eigenvalue weighted by atomic mass is 16.0. The lowest BCUT2D eigenvalue weighted by atomic mass is 10.6. The lowest BCUT2D eigenvalue weighted by molar-refractivity contribution is 0.308. The van der Waals surface area contributed by atoms with Crippen molar-refractivity contribution < 1.29 is 5.48 Å². The Morgan fingerprint density at radius 2 is 2.11 bits per heavy atom. The van der Waals surface area contributed by atoms with Crippen LogP contribution in [0.25, 0.3) is 0 Å². The van der Waals surface area contributed by atoms with Gasteiger partial charge in [-0.2, -0.15) is 0 Å². The molecule has 0 amide bonds. The number of rotatable bonds is 1. The van der Waals surface area contributed by atoms with Gasteiger partial charge in [0.2, 0.25) is 0 Å². The van der Waals surface area contributed by atoms with E-state index in [1.165, 1.54) is 0 Å². The zero-order valence-electron chi connectivity index (χ0n) is 5.96.